The van der Waals surface area contributed by atoms with Crippen molar-refractivity contribution in [1.82, 2.24) is 15.1 Å². The molecule has 4 heteroatoms. The standard InChI is InChI=1S/C16H23N3S/c1-2-13-8-10-20-16(13)12-17-11-14-7-9-19(18-14)15-5-3-4-6-15/h7-10,15,17H,2-6,11-12H2,1H3. The van der Waals surface area contributed by atoms with E-state index in [1.807, 2.05) is 11.3 Å². The number of nitrogens with zero attached hydrogens (tertiary/aromatic N) is 2. The fraction of sp³-hybridized carbons (Fsp3) is 0.562. The van der Waals surface area contributed by atoms with Gasteiger partial charge in [0.1, 0.15) is 0 Å². The van der Waals surface area contributed by atoms with E-state index in [1.165, 1.54) is 36.1 Å². The van der Waals surface area contributed by atoms with Gasteiger partial charge in [0.2, 0.25) is 0 Å². The van der Waals surface area contributed by atoms with Crippen LogP contribution in [-0.4, -0.2) is 9.78 Å². The molecule has 0 amide bonds. The lowest BCUT2D eigenvalue weighted by molar-refractivity contribution is 0.461. The van der Waals surface area contributed by atoms with Gasteiger partial charge in [0.15, 0.2) is 0 Å². The number of hydrogen-bond acceptors (Lipinski definition) is 3. The lowest BCUT2D eigenvalue weighted by atomic mass is 10.2. The summed E-state index contributed by atoms with van der Waals surface area (Å²) >= 11 is 1.85. The molecule has 2 heterocycles. The van der Waals surface area contributed by atoms with Crippen LogP contribution in [0.3, 0.4) is 0 Å². The van der Waals surface area contributed by atoms with Crippen molar-refractivity contribution < 1.29 is 0 Å². The Bertz CT molecular complexity index is 537. The average Bonchev–Trinajstić information content (AvgIpc) is 3.20. The molecule has 2 aromatic rings. The Balaban J connectivity index is 1.51. The van der Waals surface area contributed by atoms with E-state index >= 15 is 0 Å². The summed E-state index contributed by atoms with van der Waals surface area (Å²) in [4.78, 5) is 1.46. The summed E-state index contributed by atoms with van der Waals surface area (Å²) in [5.74, 6) is 0. The molecule has 2 aromatic heterocycles. The third kappa shape index (κ3) is 3.13. The maximum atomic E-state index is 4.71. The number of rotatable bonds is 6. The minimum atomic E-state index is 0.646. The molecule has 3 rings (SSSR count). The van der Waals surface area contributed by atoms with Crippen LogP contribution in [-0.2, 0) is 19.5 Å². The molecule has 20 heavy (non-hydrogen) atoms. The van der Waals surface area contributed by atoms with E-state index in [4.69, 9.17) is 5.10 Å². The molecule has 1 aliphatic rings. The Labute approximate surface area is 125 Å². The molecular weight excluding hydrogens is 266 g/mol. The van der Waals surface area contributed by atoms with E-state index in [-0.39, 0.29) is 0 Å². The number of thiophene rings is 1. The molecule has 0 saturated heterocycles. The minimum absolute atomic E-state index is 0.646. The van der Waals surface area contributed by atoms with E-state index < -0.39 is 0 Å². The first-order valence-electron chi connectivity index (χ1n) is 7.67. The second-order valence-electron chi connectivity index (χ2n) is 5.55. The monoisotopic (exact) mass is 289 g/mol. The highest BCUT2D eigenvalue weighted by molar-refractivity contribution is 7.10. The zero-order valence-corrected chi connectivity index (χ0v) is 13.0. The highest BCUT2D eigenvalue weighted by atomic mass is 32.1. The molecule has 0 atom stereocenters. The van der Waals surface area contributed by atoms with Gasteiger partial charge >= 0.3 is 0 Å². The predicted molar refractivity (Wildman–Crippen MR) is 84.0 cm³/mol. The van der Waals surface area contributed by atoms with Gasteiger partial charge < -0.3 is 5.32 Å². The number of aromatic nitrogens is 2. The van der Waals surface area contributed by atoms with Crippen LogP contribution < -0.4 is 5.32 Å². The van der Waals surface area contributed by atoms with Crippen LogP contribution in [0.25, 0.3) is 0 Å². The number of nitrogens with one attached hydrogen (secondary N) is 1. The second kappa shape index (κ2) is 6.55. The smallest absolute Gasteiger partial charge is 0.0762 e. The van der Waals surface area contributed by atoms with Crippen LogP contribution >= 0.6 is 11.3 Å². The normalized spacial score (nSPS) is 16.1. The Morgan fingerprint density at radius 2 is 2.15 bits per heavy atom. The lowest BCUT2D eigenvalue weighted by Gasteiger charge is -2.09. The van der Waals surface area contributed by atoms with E-state index in [1.54, 1.807) is 0 Å². The van der Waals surface area contributed by atoms with Crippen molar-refractivity contribution in [2.75, 3.05) is 0 Å². The summed E-state index contributed by atoms with van der Waals surface area (Å²) in [6.07, 6.45) is 8.58. The van der Waals surface area contributed by atoms with Crippen molar-refractivity contribution in [2.45, 2.75) is 58.2 Å². The van der Waals surface area contributed by atoms with E-state index in [9.17, 15) is 0 Å². The lowest BCUT2D eigenvalue weighted by Crippen LogP contribution is -2.14. The van der Waals surface area contributed by atoms with Gasteiger partial charge in [0, 0.05) is 24.2 Å². The Morgan fingerprint density at radius 1 is 1.30 bits per heavy atom. The molecule has 0 aromatic carbocycles. The van der Waals surface area contributed by atoms with Crippen molar-refractivity contribution >= 4 is 11.3 Å². The summed E-state index contributed by atoms with van der Waals surface area (Å²) in [6, 6.07) is 5.03. The fourth-order valence-corrected chi connectivity index (χ4v) is 3.93. The second-order valence-corrected chi connectivity index (χ2v) is 6.55. The van der Waals surface area contributed by atoms with Gasteiger partial charge in [0.05, 0.1) is 11.7 Å². The predicted octanol–water partition coefficient (Wildman–Crippen LogP) is 3.91. The Kier molecular flexibility index (Phi) is 4.53. The van der Waals surface area contributed by atoms with Gasteiger partial charge in [-0.1, -0.05) is 19.8 Å². The van der Waals surface area contributed by atoms with Crippen molar-refractivity contribution in [2.24, 2.45) is 0 Å². The summed E-state index contributed by atoms with van der Waals surface area (Å²) in [5.41, 5.74) is 2.63. The molecule has 1 N–H and O–H groups in total. The average molecular weight is 289 g/mol. The van der Waals surface area contributed by atoms with Gasteiger partial charge in [0.25, 0.3) is 0 Å². The maximum absolute atomic E-state index is 4.71. The van der Waals surface area contributed by atoms with Gasteiger partial charge in [-0.05, 0) is 42.3 Å². The molecule has 3 nitrogen and oxygen atoms in total. The van der Waals surface area contributed by atoms with Crippen LogP contribution in [0.5, 0.6) is 0 Å². The van der Waals surface area contributed by atoms with E-state index in [0.29, 0.717) is 6.04 Å². The molecule has 108 valence electrons. The fourth-order valence-electron chi connectivity index (χ4n) is 2.99. The topological polar surface area (TPSA) is 29.9 Å². The van der Waals surface area contributed by atoms with Crippen LogP contribution in [0.4, 0.5) is 0 Å². The minimum Gasteiger partial charge on any atom is -0.306 e. The molecule has 1 aliphatic carbocycles. The van der Waals surface area contributed by atoms with E-state index in [2.05, 4.69) is 40.6 Å². The van der Waals surface area contributed by atoms with E-state index in [0.717, 1.165) is 25.2 Å². The molecule has 0 aliphatic heterocycles. The summed E-state index contributed by atoms with van der Waals surface area (Å²) in [6.45, 7) is 4.03. The largest absolute Gasteiger partial charge is 0.306 e. The highest BCUT2D eigenvalue weighted by Gasteiger charge is 2.17. The van der Waals surface area contributed by atoms with Crippen LogP contribution in [0, 0.1) is 0 Å². The van der Waals surface area contributed by atoms with Gasteiger partial charge in [-0.2, -0.15) is 5.10 Å². The molecule has 0 spiro atoms. The van der Waals surface area contributed by atoms with Gasteiger partial charge in [-0.3, -0.25) is 4.68 Å². The zero-order chi connectivity index (χ0) is 13.8. The van der Waals surface area contributed by atoms with Crippen molar-refractivity contribution in [3.63, 3.8) is 0 Å². The summed E-state index contributed by atoms with van der Waals surface area (Å²) in [7, 11) is 0. The zero-order valence-electron chi connectivity index (χ0n) is 12.1. The van der Waals surface area contributed by atoms with Crippen molar-refractivity contribution in [1.29, 1.82) is 0 Å². The van der Waals surface area contributed by atoms with Gasteiger partial charge in [-0.15, -0.1) is 11.3 Å². The Hall–Kier alpha value is -1.13. The molecule has 0 bridgehead atoms. The van der Waals surface area contributed by atoms with Crippen LogP contribution in [0.15, 0.2) is 23.7 Å². The molecule has 1 fully saturated rings. The summed E-state index contributed by atoms with van der Waals surface area (Å²) < 4.78 is 2.17. The van der Waals surface area contributed by atoms with Gasteiger partial charge in [-0.25, -0.2) is 0 Å². The quantitative estimate of drug-likeness (QED) is 0.873. The maximum Gasteiger partial charge on any atom is 0.0762 e. The molecule has 0 unspecified atom stereocenters. The molecule has 1 saturated carbocycles. The first kappa shape index (κ1) is 13.8. The molecule has 0 radical (unpaired) electrons. The number of hydrogen-bond donors (Lipinski definition) is 1. The number of aryl methyl sites for hydroxylation is 1. The summed E-state index contributed by atoms with van der Waals surface area (Å²) in [5, 5.41) is 10.4. The SMILES string of the molecule is CCc1ccsc1CNCc1ccn(C2CCCC2)n1. The third-order valence-corrected chi connectivity index (χ3v) is 5.14. The van der Waals surface area contributed by atoms with Crippen molar-refractivity contribution in [3.8, 4) is 0 Å². The van der Waals surface area contributed by atoms with Crippen LogP contribution in [0.1, 0.15) is 54.8 Å². The first-order valence-corrected chi connectivity index (χ1v) is 8.54. The first-order chi connectivity index (χ1) is 9.86. The third-order valence-electron chi connectivity index (χ3n) is 4.17. The van der Waals surface area contributed by atoms with Crippen LogP contribution in [0.2, 0.25) is 0 Å². The van der Waals surface area contributed by atoms with Crippen molar-refractivity contribution in [3.05, 3.63) is 39.8 Å². The highest BCUT2D eigenvalue weighted by Crippen LogP contribution is 2.28. The molecular formula is C16H23N3S. The Morgan fingerprint density at radius 3 is 2.95 bits per heavy atom.